The smallest absolute Gasteiger partial charge is 0.319 e. The Hall–Kier alpha value is -2.29. The van der Waals surface area contributed by atoms with Gasteiger partial charge in [-0.25, -0.2) is 4.79 Å². The van der Waals surface area contributed by atoms with Crippen molar-refractivity contribution in [3.05, 3.63) is 65.2 Å². The van der Waals surface area contributed by atoms with Gasteiger partial charge >= 0.3 is 6.03 Å². The summed E-state index contributed by atoms with van der Waals surface area (Å²) in [6.07, 6.45) is 0. The van der Waals surface area contributed by atoms with Crippen molar-refractivity contribution in [1.82, 2.24) is 5.32 Å². The summed E-state index contributed by atoms with van der Waals surface area (Å²) in [6.45, 7) is 6.05. The molecule has 2 aromatic rings. The molecule has 0 saturated carbocycles. The van der Waals surface area contributed by atoms with E-state index in [2.05, 4.69) is 10.6 Å². The van der Waals surface area contributed by atoms with Gasteiger partial charge in [-0.1, -0.05) is 42.0 Å². The van der Waals surface area contributed by atoms with Gasteiger partial charge in [0.25, 0.3) is 0 Å². The van der Waals surface area contributed by atoms with E-state index in [1.807, 2.05) is 69.3 Å². The third kappa shape index (κ3) is 3.60. The fourth-order valence-corrected chi connectivity index (χ4v) is 2.15. The SMILES string of the molecule is Cc1ccc(NC(=O)NC(C)c2ccccc2C)cc1. The number of benzene rings is 2. The first-order chi connectivity index (χ1) is 9.56. The van der Waals surface area contributed by atoms with Crippen LogP contribution in [-0.4, -0.2) is 6.03 Å². The maximum absolute atomic E-state index is 12.0. The number of carbonyl (C=O) groups excluding carboxylic acids is 1. The lowest BCUT2D eigenvalue weighted by atomic mass is 10.0. The second-order valence-corrected chi connectivity index (χ2v) is 5.04. The highest BCUT2D eigenvalue weighted by atomic mass is 16.2. The molecule has 0 aromatic heterocycles. The molecule has 0 aliphatic rings. The number of rotatable bonds is 3. The van der Waals surface area contributed by atoms with E-state index >= 15 is 0 Å². The third-order valence-electron chi connectivity index (χ3n) is 3.31. The van der Waals surface area contributed by atoms with Crippen molar-refractivity contribution < 1.29 is 4.79 Å². The Kier molecular flexibility index (Phi) is 4.41. The summed E-state index contributed by atoms with van der Waals surface area (Å²) < 4.78 is 0. The molecule has 2 rings (SSSR count). The first kappa shape index (κ1) is 14.1. The van der Waals surface area contributed by atoms with Crippen molar-refractivity contribution >= 4 is 11.7 Å². The van der Waals surface area contributed by atoms with Gasteiger partial charge in [-0.2, -0.15) is 0 Å². The van der Waals surface area contributed by atoms with Gasteiger partial charge in [0, 0.05) is 5.69 Å². The van der Waals surface area contributed by atoms with E-state index in [0.29, 0.717) is 0 Å². The van der Waals surface area contributed by atoms with E-state index in [1.165, 1.54) is 11.1 Å². The van der Waals surface area contributed by atoms with Crippen LogP contribution >= 0.6 is 0 Å². The fraction of sp³-hybridized carbons (Fsp3) is 0.235. The largest absolute Gasteiger partial charge is 0.331 e. The second kappa shape index (κ2) is 6.24. The molecule has 2 aromatic carbocycles. The van der Waals surface area contributed by atoms with E-state index < -0.39 is 0 Å². The van der Waals surface area contributed by atoms with Crippen molar-refractivity contribution in [3.8, 4) is 0 Å². The minimum absolute atomic E-state index is 0.0263. The summed E-state index contributed by atoms with van der Waals surface area (Å²) in [4.78, 5) is 12.0. The zero-order valence-electron chi connectivity index (χ0n) is 12.1. The average molecular weight is 268 g/mol. The zero-order valence-corrected chi connectivity index (χ0v) is 12.1. The number of aryl methyl sites for hydroxylation is 2. The van der Waals surface area contributed by atoms with Crippen molar-refractivity contribution in [3.63, 3.8) is 0 Å². The summed E-state index contributed by atoms with van der Waals surface area (Å²) in [6, 6.07) is 15.6. The summed E-state index contributed by atoms with van der Waals surface area (Å²) in [5.41, 5.74) is 4.27. The molecule has 3 nitrogen and oxygen atoms in total. The van der Waals surface area contributed by atoms with Crippen LogP contribution in [0, 0.1) is 13.8 Å². The Bertz CT molecular complexity index is 590. The summed E-state index contributed by atoms with van der Waals surface area (Å²) >= 11 is 0. The van der Waals surface area contributed by atoms with Crippen molar-refractivity contribution in [2.45, 2.75) is 26.8 Å². The van der Waals surface area contributed by atoms with Gasteiger partial charge in [0.2, 0.25) is 0 Å². The van der Waals surface area contributed by atoms with Crippen molar-refractivity contribution in [2.24, 2.45) is 0 Å². The highest BCUT2D eigenvalue weighted by Crippen LogP contribution is 2.17. The van der Waals surface area contributed by atoms with Gasteiger partial charge in [0.15, 0.2) is 0 Å². The molecule has 0 aliphatic heterocycles. The number of urea groups is 1. The molecule has 0 bridgehead atoms. The van der Waals surface area contributed by atoms with Gasteiger partial charge < -0.3 is 10.6 Å². The molecule has 0 heterocycles. The fourth-order valence-electron chi connectivity index (χ4n) is 2.15. The average Bonchev–Trinajstić information content (AvgIpc) is 2.41. The minimum atomic E-state index is -0.190. The van der Waals surface area contributed by atoms with Crippen LogP contribution in [0.5, 0.6) is 0 Å². The molecular weight excluding hydrogens is 248 g/mol. The van der Waals surface area contributed by atoms with Gasteiger partial charge in [0.05, 0.1) is 6.04 Å². The molecule has 1 unspecified atom stereocenters. The molecule has 2 N–H and O–H groups in total. The van der Waals surface area contributed by atoms with Crippen LogP contribution in [-0.2, 0) is 0 Å². The lowest BCUT2D eigenvalue weighted by Crippen LogP contribution is -2.31. The molecule has 0 aliphatic carbocycles. The van der Waals surface area contributed by atoms with E-state index in [0.717, 1.165) is 11.3 Å². The number of nitrogens with one attached hydrogen (secondary N) is 2. The molecule has 2 amide bonds. The Morgan fingerprint density at radius 3 is 2.30 bits per heavy atom. The third-order valence-corrected chi connectivity index (χ3v) is 3.31. The van der Waals surface area contributed by atoms with Crippen LogP contribution < -0.4 is 10.6 Å². The number of hydrogen-bond donors (Lipinski definition) is 2. The highest BCUT2D eigenvalue weighted by molar-refractivity contribution is 5.89. The number of anilines is 1. The molecule has 1 atom stereocenters. The van der Waals surface area contributed by atoms with Gasteiger partial charge in [-0.3, -0.25) is 0 Å². The maximum atomic E-state index is 12.0. The summed E-state index contributed by atoms with van der Waals surface area (Å²) in [5, 5.41) is 5.79. The normalized spacial score (nSPS) is 11.8. The van der Waals surface area contributed by atoms with E-state index in [4.69, 9.17) is 0 Å². The van der Waals surface area contributed by atoms with Crippen LogP contribution in [0.4, 0.5) is 10.5 Å². The van der Waals surface area contributed by atoms with Gasteiger partial charge in [-0.15, -0.1) is 0 Å². The van der Waals surface area contributed by atoms with Gasteiger partial charge in [-0.05, 0) is 44.0 Å². The van der Waals surface area contributed by atoms with Crippen LogP contribution in [0.3, 0.4) is 0 Å². The number of hydrogen-bond acceptors (Lipinski definition) is 1. The Morgan fingerprint density at radius 2 is 1.65 bits per heavy atom. The first-order valence-corrected chi connectivity index (χ1v) is 6.76. The molecule has 0 radical (unpaired) electrons. The Morgan fingerprint density at radius 1 is 1.00 bits per heavy atom. The Balaban J connectivity index is 1.98. The lowest BCUT2D eigenvalue weighted by Gasteiger charge is -2.17. The molecular formula is C17H20N2O. The van der Waals surface area contributed by atoms with E-state index in [-0.39, 0.29) is 12.1 Å². The second-order valence-electron chi connectivity index (χ2n) is 5.04. The minimum Gasteiger partial charge on any atom is -0.331 e. The zero-order chi connectivity index (χ0) is 14.5. The molecule has 20 heavy (non-hydrogen) atoms. The predicted octanol–water partition coefficient (Wildman–Crippen LogP) is 4.19. The standard InChI is InChI=1S/C17H20N2O/c1-12-8-10-15(11-9-12)19-17(20)18-14(3)16-7-5-4-6-13(16)2/h4-11,14H,1-3H3,(H2,18,19,20). The van der Waals surface area contributed by atoms with Crippen LogP contribution in [0.1, 0.15) is 29.7 Å². The Labute approximate surface area is 120 Å². The van der Waals surface area contributed by atoms with Crippen LogP contribution in [0.2, 0.25) is 0 Å². The quantitative estimate of drug-likeness (QED) is 0.861. The molecule has 3 heteroatoms. The van der Waals surface area contributed by atoms with Gasteiger partial charge in [0.1, 0.15) is 0 Å². The molecule has 0 spiro atoms. The molecule has 104 valence electrons. The first-order valence-electron chi connectivity index (χ1n) is 6.76. The summed E-state index contributed by atoms with van der Waals surface area (Å²) in [5.74, 6) is 0. The molecule has 0 fully saturated rings. The highest BCUT2D eigenvalue weighted by Gasteiger charge is 2.11. The van der Waals surface area contributed by atoms with E-state index in [1.54, 1.807) is 0 Å². The maximum Gasteiger partial charge on any atom is 0.319 e. The number of carbonyl (C=O) groups is 1. The topological polar surface area (TPSA) is 41.1 Å². The summed E-state index contributed by atoms with van der Waals surface area (Å²) in [7, 11) is 0. The van der Waals surface area contributed by atoms with Crippen molar-refractivity contribution in [2.75, 3.05) is 5.32 Å². The monoisotopic (exact) mass is 268 g/mol. The van der Waals surface area contributed by atoms with E-state index in [9.17, 15) is 4.79 Å². The number of amides is 2. The lowest BCUT2D eigenvalue weighted by molar-refractivity contribution is 0.249. The van der Waals surface area contributed by atoms with Crippen molar-refractivity contribution in [1.29, 1.82) is 0 Å². The molecule has 0 saturated heterocycles. The van der Waals surface area contributed by atoms with Crippen LogP contribution in [0.25, 0.3) is 0 Å². The van der Waals surface area contributed by atoms with Crippen LogP contribution in [0.15, 0.2) is 48.5 Å². The predicted molar refractivity (Wildman–Crippen MR) is 82.9 cm³/mol.